The zero-order chi connectivity index (χ0) is 18.2. The Balaban J connectivity index is 1.75. The number of hydrogen-bond donors (Lipinski definition) is 0. The Labute approximate surface area is 154 Å². The Kier molecular flexibility index (Phi) is 5.95. The summed E-state index contributed by atoms with van der Waals surface area (Å²) in [6.45, 7) is 0.173. The van der Waals surface area contributed by atoms with Gasteiger partial charge in [-0.25, -0.2) is 0 Å². The number of nitro benzene ring substituents is 1. The topological polar surface area (TPSA) is 52.4 Å². The molecule has 0 aliphatic rings. The average Bonchev–Trinajstić information content (AvgIpc) is 2.69. The van der Waals surface area contributed by atoms with Crippen molar-refractivity contribution in [2.24, 2.45) is 0 Å². The van der Waals surface area contributed by atoms with E-state index in [9.17, 15) is 10.1 Å². The molecule has 0 N–H and O–H groups in total. The summed E-state index contributed by atoms with van der Waals surface area (Å²) in [4.78, 5) is 10.7. The highest BCUT2D eigenvalue weighted by molar-refractivity contribution is 6.89. The number of para-hydroxylation sites is 1. The lowest BCUT2D eigenvalue weighted by atomic mass is 10.2. The van der Waals surface area contributed by atoms with Gasteiger partial charge in [0.1, 0.15) is 15.4 Å². The Morgan fingerprint density at radius 3 is 1.96 bits per heavy atom. The van der Waals surface area contributed by atoms with Crippen LogP contribution in [0.2, 0.25) is 0 Å². The SMILES string of the molecule is O=[N+]([O-])c1ccccc1COC=C[Si](c1ccccc1)c1ccccc1. The fraction of sp³-hybridized carbons (Fsp3) is 0.0476. The number of nitrogens with zero attached hydrogens (tertiary/aromatic N) is 1. The maximum atomic E-state index is 11.1. The summed E-state index contributed by atoms with van der Waals surface area (Å²) in [6.07, 6.45) is 1.67. The quantitative estimate of drug-likeness (QED) is 0.281. The normalized spacial score (nSPS) is 11.0. The van der Waals surface area contributed by atoms with Crippen LogP contribution >= 0.6 is 0 Å². The van der Waals surface area contributed by atoms with Crippen molar-refractivity contribution in [3.8, 4) is 0 Å². The van der Waals surface area contributed by atoms with Crippen molar-refractivity contribution in [1.82, 2.24) is 0 Å². The molecule has 3 rings (SSSR count). The number of ether oxygens (including phenoxy) is 1. The fourth-order valence-electron chi connectivity index (χ4n) is 2.66. The van der Waals surface area contributed by atoms with Gasteiger partial charge in [0, 0.05) is 6.07 Å². The molecule has 3 aromatic carbocycles. The molecular formula is C21H18NO3Si. The van der Waals surface area contributed by atoms with E-state index in [1.54, 1.807) is 24.5 Å². The van der Waals surface area contributed by atoms with Crippen molar-refractivity contribution in [2.75, 3.05) is 0 Å². The maximum absolute atomic E-state index is 11.1. The molecular weight excluding hydrogens is 342 g/mol. The molecule has 0 unspecified atom stereocenters. The van der Waals surface area contributed by atoms with E-state index in [0.717, 1.165) is 0 Å². The van der Waals surface area contributed by atoms with Crippen LogP contribution in [0.5, 0.6) is 0 Å². The highest BCUT2D eigenvalue weighted by Gasteiger charge is 2.14. The summed E-state index contributed by atoms with van der Waals surface area (Å²) >= 11 is 0. The Morgan fingerprint density at radius 1 is 0.846 bits per heavy atom. The van der Waals surface area contributed by atoms with Gasteiger partial charge in [-0.05, 0) is 6.07 Å². The van der Waals surface area contributed by atoms with Gasteiger partial charge in [-0.15, -0.1) is 0 Å². The van der Waals surface area contributed by atoms with E-state index in [1.165, 1.54) is 16.4 Å². The van der Waals surface area contributed by atoms with Gasteiger partial charge in [-0.2, -0.15) is 0 Å². The summed E-state index contributed by atoms with van der Waals surface area (Å²) in [5.74, 6) is 0. The summed E-state index contributed by atoms with van der Waals surface area (Å²) in [6, 6.07) is 27.2. The molecule has 0 aliphatic carbocycles. The van der Waals surface area contributed by atoms with Crippen molar-refractivity contribution in [2.45, 2.75) is 6.61 Å². The summed E-state index contributed by atoms with van der Waals surface area (Å²) in [5, 5.41) is 13.6. The second-order valence-corrected chi connectivity index (χ2v) is 7.96. The first-order valence-corrected chi connectivity index (χ1v) is 9.81. The largest absolute Gasteiger partial charge is 0.497 e. The molecule has 0 spiro atoms. The van der Waals surface area contributed by atoms with Crippen LogP contribution in [0.3, 0.4) is 0 Å². The first-order valence-electron chi connectivity index (χ1n) is 8.24. The fourth-order valence-corrected chi connectivity index (χ4v) is 4.71. The molecule has 0 aromatic heterocycles. The molecule has 5 heteroatoms. The molecule has 0 amide bonds. The van der Waals surface area contributed by atoms with Gasteiger partial charge in [0.2, 0.25) is 0 Å². The molecule has 0 aliphatic heterocycles. The van der Waals surface area contributed by atoms with Crippen LogP contribution in [0.25, 0.3) is 0 Å². The first-order chi connectivity index (χ1) is 12.8. The van der Waals surface area contributed by atoms with Gasteiger partial charge in [0.15, 0.2) is 0 Å². The highest BCUT2D eigenvalue weighted by Crippen LogP contribution is 2.18. The second-order valence-electron chi connectivity index (χ2n) is 5.65. The number of rotatable bonds is 7. The minimum absolute atomic E-state index is 0.0811. The molecule has 129 valence electrons. The van der Waals surface area contributed by atoms with Crippen LogP contribution < -0.4 is 10.4 Å². The summed E-state index contributed by atoms with van der Waals surface area (Å²) in [5.41, 5.74) is 2.72. The van der Waals surface area contributed by atoms with Crippen LogP contribution in [0.15, 0.2) is 96.9 Å². The molecule has 0 saturated heterocycles. The molecule has 3 aromatic rings. The van der Waals surface area contributed by atoms with Crippen LogP contribution in [0.4, 0.5) is 5.69 Å². The molecule has 0 bridgehead atoms. The van der Waals surface area contributed by atoms with E-state index >= 15 is 0 Å². The Morgan fingerprint density at radius 2 is 1.38 bits per heavy atom. The van der Waals surface area contributed by atoms with Crippen LogP contribution in [0, 0.1) is 10.1 Å². The maximum Gasteiger partial charge on any atom is 0.276 e. The van der Waals surface area contributed by atoms with Crippen LogP contribution in [0.1, 0.15) is 5.56 Å². The minimum atomic E-state index is -1.12. The van der Waals surface area contributed by atoms with Crippen LogP contribution in [-0.2, 0) is 11.3 Å². The molecule has 0 heterocycles. The predicted octanol–water partition coefficient (Wildman–Crippen LogP) is 3.47. The third-order valence-corrected chi connectivity index (χ3v) is 6.31. The standard InChI is InChI=1S/C21H18NO3Si/c23-22(24)21-14-8-7-9-18(21)17-25-15-16-26(19-10-3-1-4-11-19)20-12-5-2-6-13-20/h1-16H,17H2. The lowest BCUT2D eigenvalue weighted by Crippen LogP contribution is -2.40. The van der Waals surface area contributed by atoms with E-state index in [1.807, 2.05) is 36.4 Å². The summed E-state index contributed by atoms with van der Waals surface area (Å²) < 4.78 is 5.62. The minimum Gasteiger partial charge on any atom is -0.497 e. The van der Waals surface area contributed by atoms with E-state index in [4.69, 9.17) is 4.74 Å². The monoisotopic (exact) mass is 360 g/mol. The van der Waals surface area contributed by atoms with Crippen molar-refractivity contribution in [1.29, 1.82) is 0 Å². The molecule has 26 heavy (non-hydrogen) atoms. The molecule has 0 fully saturated rings. The zero-order valence-electron chi connectivity index (χ0n) is 14.1. The van der Waals surface area contributed by atoms with E-state index in [2.05, 4.69) is 30.0 Å². The third-order valence-electron chi connectivity index (χ3n) is 3.93. The van der Waals surface area contributed by atoms with E-state index in [0.29, 0.717) is 5.56 Å². The van der Waals surface area contributed by atoms with E-state index in [-0.39, 0.29) is 17.2 Å². The van der Waals surface area contributed by atoms with E-state index < -0.39 is 8.80 Å². The van der Waals surface area contributed by atoms with Crippen molar-refractivity contribution >= 4 is 24.9 Å². The lowest BCUT2D eigenvalue weighted by molar-refractivity contribution is -0.385. The molecule has 1 radical (unpaired) electrons. The van der Waals surface area contributed by atoms with Crippen molar-refractivity contribution < 1.29 is 9.66 Å². The van der Waals surface area contributed by atoms with Gasteiger partial charge in [-0.3, -0.25) is 10.1 Å². The van der Waals surface area contributed by atoms with Gasteiger partial charge in [-0.1, -0.05) is 88.9 Å². The second kappa shape index (κ2) is 8.78. The molecule has 4 nitrogen and oxygen atoms in total. The average molecular weight is 360 g/mol. The lowest BCUT2D eigenvalue weighted by Gasteiger charge is -2.11. The number of nitro groups is 1. The number of benzene rings is 3. The smallest absolute Gasteiger partial charge is 0.276 e. The van der Waals surface area contributed by atoms with Gasteiger partial charge in [0.25, 0.3) is 5.69 Å². The van der Waals surface area contributed by atoms with Gasteiger partial charge in [0.05, 0.1) is 16.7 Å². The molecule has 0 saturated carbocycles. The predicted molar refractivity (Wildman–Crippen MR) is 105 cm³/mol. The molecule has 0 atom stereocenters. The van der Waals surface area contributed by atoms with Crippen molar-refractivity contribution in [3.05, 3.63) is 113 Å². The van der Waals surface area contributed by atoms with Crippen molar-refractivity contribution in [3.63, 3.8) is 0 Å². The first kappa shape index (κ1) is 17.6. The number of hydrogen-bond acceptors (Lipinski definition) is 3. The van der Waals surface area contributed by atoms with Gasteiger partial charge < -0.3 is 4.74 Å². The Bertz CT molecular complexity index is 843. The third kappa shape index (κ3) is 4.46. The van der Waals surface area contributed by atoms with Gasteiger partial charge >= 0.3 is 0 Å². The van der Waals surface area contributed by atoms with Crippen LogP contribution in [-0.4, -0.2) is 13.7 Å². The highest BCUT2D eigenvalue weighted by atomic mass is 28.3. The Hall–Kier alpha value is -3.18. The summed E-state index contributed by atoms with van der Waals surface area (Å²) in [7, 11) is -1.12. The zero-order valence-corrected chi connectivity index (χ0v) is 15.1.